The van der Waals surface area contributed by atoms with E-state index >= 15 is 0 Å². The normalized spacial score (nSPS) is 10.7. The van der Waals surface area contributed by atoms with Crippen LogP contribution in [-0.4, -0.2) is 109 Å². The van der Waals surface area contributed by atoms with Gasteiger partial charge in [0.15, 0.2) is 0 Å². The molecule has 0 heterocycles. The Kier molecular flexibility index (Phi) is 25.4. The van der Waals surface area contributed by atoms with Crippen LogP contribution >= 0.6 is 35.3 Å². The van der Waals surface area contributed by atoms with Gasteiger partial charge in [-0.25, -0.2) is 9.78 Å². The Bertz CT molecular complexity index is 497. The number of thioether (sulfide) groups is 3. The molecule has 0 rings (SSSR count). The van der Waals surface area contributed by atoms with Crippen molar-refractivity contribution in [2.75, 3.05) is 80.8 Å². The van der Waals surface area contributed by atoms with Crippen LogP contribution in [0.2, 0.25) is 0 Å². The van der Waals surface area contributed by atoms with Crippen molar-refractivity contribution in [2.24, 2.45) is 0 Å². The monoisotopic (exact) mass is 532 g/mol. The van der Waals surface area contributed by atoms with Gasteiger partial charge in [-0.15, -0.1) is 0 Å². The minimum absolute atomic E-state index is 0.0159. The Labute approximate surface area is 208 Å². The molecule has 0 aromatic heterocycles. The number of aliphatic hydroxyl groups excluding tert-OH is 2. The van der Waals surface area contributed by atoms with Gasteiger partial charge in [0, 0.05) is 28.8 Å². The van der Waals surface area contributed by atoms with Gasteiger partial charge in [-0.05, 0) is 12.2 Å². The Morgan fingerprint density at radius 1 is 0.515 bits per heavy atom. The number of esters is 3. The summed E-state index contributed by atoms with van der Waals surface area (Å²) < 4.78 is 14.6. The first-order chi connectivity index (χ1) is 16.1. The third-order valence-corrected chi connectivity index (χ3v) is 6.43. The van der Waals surface area contributed by atoms with E-state index in [4.69, 9.17) is 34.2 Å². The molecule has 0 fully saturated rings. The molecule has 0 aliphatic heterocycles. The second kappa shape index (κ2) is 25.9. The molecule has 0 aliphatic rings. The summed E-state index contributed by atoms with van der Waals surface area (Å²) in [4.78, 5) is 44.2. The Morgan fingerprint density at radius 2 is 0.939 bits per heavy atom. The van der Waals surface area contributed by atoms with E-state index in [2.05, 4.69) is 0 Å². The average Bonchev–Trinajstić information content (AvgIpc) is 2.81. The van der Waals surface area contributed by atoms with Crippen molar-refractivity contribution in [3.8, 4) is 0 Å². The molecule has 10 nitrogen and oxygen atoms in total. The maximum atomic E-state index is 11.6. The highest BCUT2D eigenvalue weighted by molar-refractivity contribution is 7.99. The van der Waals surface area contributed by atoms with E-state index in [9.17, 15) is 14.4 Å². The van der Waals surface area contributed by atoms with Crippen LogP contribution in [0.25, 0.3) is 0 Å². The van der Waals surface area contributed by atoms with Gasteiger partial charge in [-0.3, -0.25) is 14.4 Å². The molecule has 2 N–H and O–H groups in total. The largest absolute Gasteiger partial charge is 0.465 e. The summed E-state index contributed by atoms with van der Waals surface area (Å²) in [5.74, 6) is 3.17. The van der Waals surface area contributed by atoms with E-state index in [-0.39, 0.29) is 50.8 Å². The Balaban J connectivity index is 3.24. The van der Waals surface area contributed by atoms with E-state index in [0.29, 0.717) is 55.7 Å². The van der Waals surface area contributed by atoms with Crippen molar-refractivity contribution in [3.63, 3.8) is 0 Å². The molecule has 0 aliphatic carbocycles. The fourth-order valence-electron chi connectivity index (χ4n) is 1.95. The summed E-state index contributed by atoms with van der Waals surface area (Å²) in [6, 6.07) is 0. The lowest BCUT2D eigenvalue weighted by Gasteiger charge is -2.06. The zero-order chi connectivity index (χ0) is 24.4. The highest BCUT2D eigenvalue weighted by Crippen LogP contribution is 2.08. The first kappa shape index (κ1) is 32.3. The topological polar surface area (TPSA) is 138 Å². The molecule has 0 bridgehead atoms. The average molecular weight is 533 g/mol. The van der Waals surface area contributed by atoms with Gasteiger partial charge in [0.2, 0.25) is 0 Å². The van der Waals surface area contributed by atoms with Crippen LogP contribution in [0, 0.1) is 0 Å². The Morgan fingerprint density at radius 3 is 1.48 bits per heavy atom. The van der Waals surface area contributed by atoms with Gasteiger partial charge >= 0.3 is 17.9 Å². The van der Waals surface area contributed by atoms with Crippen molar-refractivity contribution in [1.29, 1.82) is 0 Å². The molecule has 0 unspecified atom stereocenters. The van der Waals surface area contributed by atoms with Gasteiger partial charge in [0.05, 0.1) is 45.7 Å². The summed E-state index contributed by atoms with van der Waals surface area (Å²) in [6.45, 7) is 0.993. The van der Waals surface area contributed by atoms with E-state index in [1.54, 1.807) is 23.5 Å². The van der Waals surface area contributed by atoms with Gasteiger partial charge in [-0.1, -0.05) is 0 Å². The second-order valence-corrected chi connectivity index (χ2v) is 9.87. The zero-order valence-electron chi connectivity index (χ0n) is 18.9. The molecule has 0 atom stereocenters. The van der Waals surface area contributed by atoms with E-state index in [0.717, 1.165) is 17.9 Å². The maximum Gasteiger partial charge on any atom is 0.306 e. The van der Waals surface area contributed by atoms with Crippen LogP contribution in [0.15, 0.2) is 0 Å². The highest BCUT2D eigenvalue weighted by Gasteiger charge is 2.06. The predicted molar refractivity (Wildman–Crippen MR) is 129 cm³/mol. The second-order valence-electron chi connectivity index (χ2n) is 6.19. The van der Waals surface area contributed by atoms with Crippen molar-refractivity contribution in [1.82, 2.24) is 0 Å². The van der Waals surface area contributed by atoms with Crippen LogP contribution in [0.4, 0.5) is 0 Å². The lowest BCUT2D eigenvalue weighted by molar-refractivity contribution is -0.289. The SMILES string of the molecule is O=C(CCSCCCOOCCSCCOC(=O)CCSCCC(=O)OCCO)OCCO. The number of carbonyl (C=O) groups is 3. The summed E-state index contributed by atoms with van der Waals surface area (Å²) in [6.07, 6.45) is 1.69. The van der Waals surface area contributed by atoms with Gasteiger partial charge in [0.25, 0.3) is 0 Å². The lowest BCUT2D eigenvalue weighted by Crippen LogP contribution is -2.10. The van der Waals surface area contributed by atoms with Crippen LogP contribution in [0.5, 0.6) is 0 Å². The number of ether oxygens (including phenoxy) is 3. The van der Waals surface area contributed by atoms with Crippen molar-refractivity contribution < 1.29 is 48.6 Å². The number of carbonyl (C=O) groups excluding carboxylic acids is 3. The zero-order valence-corrected chi connectivity index (χ0v) is 21.4. The highest BCUT2D eigenvalue weighted by atomic mass is 32.2. The third kappa shape index (κ3) is 25.8. The van der Waals surface area contributed by atoms with E-state index in [1.165, 1.54) is 11.8 Å². The van der Waals surface area contributed by atoms with Gasteiger partial charge in [-0.2, -0.15) is 35.3 Å². The molecule has 194 valence electrons. The molecular weight excluding hydrogens is 496 g/mol. The molecule has 0 amide bonds. The minimum atomic E-state index is -0.351. The van der Waals surface area contributed by atoms with Crippen LogP contribution in [-0.2, 0) is 38.4 Å². The smallest absolute Gasteiger partial charge is 0.306 e. The minimum Gasteiger partial charge on any atom is -0.465 e. The van der Waals surface area contributed by atoms with Crippen molar-refractivity contribution >= 4 is 53.2 Å². The van der Waals surface area contributed by atoms with Crippen LogP contribution in [0.3, 0.4) is 0 Å². The van der Waals surface area contributed by atoms with Gasteiger partial charge < -0.3 is 24.4 Å². The standard InChI is InChI=1S/C20H36O10S3/c21-5-8-26-18(23)2-13-31-12-1-7-29-30-11-17-33-16-10-28-20(25)4-15-32-14-3-19(24)27-9-6-22/h21-22H,1-17H2. The maximum absolute atomic E-state index is 11.6. The number of rotatable bonds is 24. The van der Waals surface area contributed by atoms with Crippen LogP contribution < -0.4 is 0 Å². The molecule has 0 saturated carbocycles. The molecule has 0 spiro atoms. The molecule has 0 aromatic rings. The fourth-order valence-corrected chi connectivity index (χ4v) is 4.21. The quantitative estimate of drug-likeness (QED) is 0.0608. The summed E-state index contributed by atoms with van der Waals surface area (Å²) in [7, 11) is 0. The van der Waals surface area contributed by atoms with E-state index in [1.807, 2.05) is 0 Å². The molecular formula is C20H36O10S3. The van der Waals surface area contributed by atoms with Crippen LogP contribution in [0.1, 0.15) is 25.7 Å². The number of hydrogen-bond acceptors (Lipinski definition) is 13. The molecule has 0 aromatic carbocycles. The molecule has 0 saturated heterocycles. The van der Waals surface area contributed by atoms with E-state index < -0.39 is 0 Å². The number of hydrogen-bond donors (Lipinski definition) is 2. The predicted octanol–water partition coefficient (Wildman–Crippen LogP) is 1.31. The molecule has 33 heavy (non-hydrogen) atoms. The summed E-state index contributed by atoms with van der Waals surface area (Å²) in [5.41, 5.74) is 0. The van der Waals surface area contributed by atoms with Crippen molar-refractivity contribution in [3.05, 3.63) is 0 Å². The number of aliphatic hydroxyl groups is 2. The fraction of sp³-hybridized carbons (Fsp3) is 0.850. The Hall–Kier alpha value is -0.700. The third-order valence-electron chi connectivity index (χ3n) is 3.46. The summed E-state index contributed by atoms with van der Waals surface area (Å²) in [5, 5.41) is 17.1. The summed E-state index contributed by atoms with van der Waals surface area (Å²) >= 11 is 4.71. The molecule has 13 heteroatoms. The first-order valence-electron chi connectivity index (χ1n) is 10.8. The first-order valence-corrected chi connectivity index (χ1v) is 14.2. The van der Waals surface area contributed by atoms with Crippen molar-refractivity contribution in [2.45, 2.75) is 25.7 Å². The van der Waals surface area contributed by atoms with Gasteiger partial charge in [0.1, 0.15) is 19.8 Å². The molecule has 0 radical (unpaired) electrons. The lowest BCUT2D eigenvalue weighted by atomic mass is 10.5.